The van der Waals surface area contributed by atoms with Gasteiger partial charge >= 0.3 is 0 Å². The molecule has 5 nitrogen and oxygen atoms in total. The summed E-state index contributed by atoms with van der Waals surface area (Å²) in [5, 5.41) is 0. The second kappa shape index (κ2) is 7.41. The minimum atomic E-state index is -3.25. The van der Waals surface area contributed by atoms with E-state index in [-0.39, 0.29) is 24.9 Å². The average Bonchev–Trinajstić information content (AvgIpc) is 2.36. The molecule has 118 valence electrons. The number of likely N-dealkylation sites (tertiary alicyclic amines) is 1. The van der Waals surface area contributed by atoms with Crippen molar-refractivity contribution in [3.63, 3.8) is 0 Å². The van der Waals surface area contributed by atoms with Gasteiger partial charge in [0.25, 0.3) is 0 Å². The summed E-state index contributed by atoms with van der Waals surface area (Å²) in [6, 6.07) is -0.0573. The van der Waals surface area contributed by atoms with Gasteiger partial charge in [-0.1, -0.05) is 13.8 Å². The van der Waals surface area contributed by atoms with E-state index in [1.165, 1.54) is 17.0 Å². The van der Waals surface area contributed by atoms with Gasteiger partial charge in [0, 0.05) is 32.1 Å². The van der Waals surface area contributed by atoms with Crippen LogP contribution in [0, 0.1) is 5.92 Å². The maximum Gasteiger partial charge on any atom is 0.223 e. The first kappa shape index (κ1) is 17.4. The lowest BCUT2D eigenvalue weighted by Gasteiger charge is -2.32. The standard InChI is InChI=1S/C14H28N2O3S/c1-5-13(3)16(20(4,18)19)10-8-14(17)15-9-6-7-12(2)11-15/h12-13H,5-11H2,1-4H3. The first-order valence-electron chi connectivity index (χ1n) is 7.50. The molecule has 2 unspecified atom stereocenters. The van der Waals surface area contributed by atoms with Gasteiger partial charge in [-0.05, 0) is 32.1 Å². The van der Waals surface area contributed by atoms with Crippen molar-refractivity contribution >= 4 is 15.9 Å². The van der Waals surface area contributed by atoms with Crippen LogP contribution in [-0.2, 0) is 14.8 Å². The summed E-state index contributed by atoms with van der Waals surface area (Å²) in [5.74, 6) is 0.627. The molecule has 1 aliphatic heterocycles. The Balaban J connectivity index is 2.57. The molecule has 0 spiro atoms. The fourth-order valence-electron chi connectivity index (χ4n) is 2.70. The van der Waals surface area contributed by atoms with Crippen LogP contribution in [0.4, 0.5) is 0 Å². The maximum absolute atomic E-state index is 12.2. The second-order valence-corrected chi connectivity index (χ2v) is 7.90. The zero-order valence-electron chi connectivity index (χ0n) is 13.1. The van der Waals surface area contributed by atoms with E-state index in [9.17, 15) is 13.2 Å². The Bertz CT molecular complexity index is 422. The van der Waals surface area contributed by atoms with E-state index in [0.717, 1.165) is 25.9 Å². The van der Waals surface area contributed by atoms with Crippen LogP contribution in [0.15, 0.2) is 0 Å². The third kappa shape index (κ3) is 5.05. The SMILES string of the molecule is CCC(C)N(CCC(=O)N1CCCC(C)C1)S(C)(=O)=O. The van der Waals surface area contributed by atoms with Crippen molar-refractivity contribution in [1.29, 1.82) is 0 Å². The van der Waals surface area contributed by atoms with Gasteiger partial charge in [-0.2, -0.15) is 4.31 Å². The van der Waals surface area contributed by atoms with Crippen LogP contribution in [0.5, 0.6) is 0 Å². The third-order valence-electron chi connectivity index (χ3n) is 4.06. The topological polar surface area (TPSA) is 57.7 Å². The molecule has 0 aromatic rings. The summed E-state index contributed by atoms with van der Waals surface area (Å²) < 4.78 is 25.0. The molecular weight excluding hydrogens is 276 g/mol. The monoisotopic (exact) mass is 304 g/mol. The van der Waals surface area contributed by atoms with Crippen LogP contribution in [0.1, 0.15) is 46.5 Å². The quantitative estimate of drug-likeness (QED) is 0.750. The second-order valence-electron chi connectivity index (χ2n) is 5.97. The number of nitrogens with zero attached hydrogens (tertiary/aromatic N) is 2. The number of sulfonamides is 1. The molecule has 1 saturated heterocycles. The first-order valence-corrected chi connectivity index (χ1v) is 9.35. The van der Waals surface area contributed by atoms with E-state index in [2.05, 4.69) is 6.92 Å². The summed E-state index contributed by atoms with van der Waals surface area (Å²) in [6.07, 6.45) is 4.47. The van der Waals surface area contributed by atoms with Crippen molar-refractivity contribution in [2.75, 3.05) is 25.9 Å². The van der Waals surface area contributed by atoms with Gasteiger partial charge in [-0.3, -0.25) is 4.79 Å². The minimum Gasteiger partial charge on any atom is -0.342 e. The Morgan fingerprint density at radius 2 is 2.10 bits per heavy atom. The van der Waals surface area contributed by atoms with Crippen LogP contribution in [0.3, 0.4) is 0 Å². The van der Waals surface area contributed by atoms with E-state index in [1.54, 1.807) is 0 Å². The van der Waals surface area contributed by atoms with Gasteiger partial charge in [0.05, 0.1) is 6.26 Å². The first-order chi connectivity index (χ1) is 9.25. The van der Waals surface area contributed by atoms with Gasteiger partial charge in [0.2, 0.25) is 15.9 Å². The zero-order chi connectivity index (χ0) is 15.3. The molecule has 6 heteroatoms. The molecule has 1 heterocycles. The third-order valence-corrected chi connectivity index (χ3v) is 5.46. The molecule has 1 amide bonds. The van der Waals surface area contributed by atoms with Crippen LogP contribution in [0.25, 0.3) is 0 Å². The smallest absolute Gasteiger partial charge is 0.223 e. The van der Waals surface area contributed by atoms with Crippen molar-refractivity contribution in [1.82, 2.24) is 9.21 Å². The fraction of sp³-hybridized carbons (Fsp3) is 0.929. The molecule has 0 aliphatic carbocycles. The van der Waals surface area contributed by atoms with Crippen molar-refractivity contribution in [2.24, 2.45) is 5.92 Å². The van der Waals surface area contributed by atoms with Crippen LogP contribution < -0.4 is 0 Å². The van der Waals surface area contributed by atoms with E-state index in [0.29, 0.717) is 5.92 Å². The highest BCUT2D eigenvalue weighted by Crippen LogP contribution is 2.17. The number of hydrogen-bond acceptors (Lipinski definition) is 3. The molecule has 2 atom stereocenters. The number of carbonyl (C=O) groups excluding carboxylic acids is 1. The van der Waals surface area contributed by atoms with Gasteiger partial charge in [-0.15, -0.1) is 0 Å². The molecule has 0 bridgehead atoms. The molecule has 1 rings (SSSR count). The van der Waals surface area contributed by atoms with Crippen molar-refractivity contribution in [2.45, 2.75) is 52.5 Å². The molecule has 1 fully saturated rings. The lowest BCUT2D eigenvalue weighted by atomic mass is 10.00. The molecule has 0 N–H and O–H groups in total. The fourth-order valence-corrected chi connectivity index (χ4v) is 3.92. The van der Waals surface area contributed by atoms with Gasteiger partial charge in [0.1, 0.15) is 0 Å². The number of rotatable bonds is 6. The Hall–Kier alpha value is -0.620. The largest absolute Gasteiger partial charge is 0.342 e. The maximum atomic E-state index is 12.2. The molecule has 1 aliphatic rings. The van der Waals surface area contributed by atoms with E-state index in [1.807, 2.05) is 18.7 Å². The molecule has 0 radical (unpaired) electrons. The van der Waals surface area contributed by atoms with E-state index < -0.39 is 10.0 Å². The summed E-state index contributed by atoms with van der Waals surface area (Å²) in [6.45, 7) is 7.90. The van der Waals surface area contributed by atoms with Crippen LogP contribution in [0.2, 0.25) is 0 Å². The lowest BCUT2D eigenvalue weighted by molar-refractivity contribution is -0.133. The zero-order valence-corrected chi connectivity index (χ0v) is 13.9. The van der Waals surface area contributed by atoms with Crippen LogP contribution >= 0.6 is 0 Å². The summed E-state index contributed by atoms with van der Waals surface area (Å²) >= 11 is 0. The number of hydrogen-bond donors (Lipinski definition) is 0. The number of piperidine rings is 1. The summed E-state index contributed by atoms with van der Waals surface area (Å²) in [4.78, 5) is 14.1. The van der Waals surface area contributed by atoms with Crippen molar-refractivity contribution in [3.05, 3.63) is 0 Å². The molecule has 20 heavy (non-hydrogen) atoms. The summed E-state index contributed by atoms with van der Waals surface area (Å²) in [7, 11) is -3.25. The predicted molar refractivity (Wildman–Crippen MR) is 80.9 cm³/mol. The van der Waals surface area contributed by atoms with E-state index in [4.69, 9.17) is 0 Å². The molecule has 0 aromatic heterocycles. The van der Waals surface area contributed by atoms with Gasteiger partial charge in [0.15, 0.2) is 0 Å². The normalized spacial score (nSPS) is 22.1. The van der Waals surface area contributed by atoms with Crippen LogP contribution in [-0.4, -0.2) is 55.5 Å². The minimum absolute atomic E-state index is 0.0573. The Morgan fingerprint density at radius 1 is 1.45 bits per heavy atom. The Morgan fingerprint density at radius 3 is 2.60 bits per heavy atom. The highest BCUT2D eigenvalue weighted by molar-refractivity contribution is 7.88. The summed E-state index contributed by atoms with van der Waals surface area (Å²) in [5.41, 5.74) is 0. The lowest BCUT2D eigenvalue weighted by Crippen LogP contribution is -2.43. The Labute approximate surface area is 123 Å². The molecular formula is C14H28N2O3S. The van der Waals surface area contributed by atoms with Crippen molar-refractivity contribution in [3.8, 4) is 0 Å². The highest BCUT2D eigenvalue weighted by Gasteiger charge is 2.25. The highest BCUT2D eigenvalue weighted by atomic mass is 32.2. The van der Waals surface area contributed by atoms with Gasteiger partial charge in [-0.25, -0.2) is 8.42 Å². The van der Waals surface area contributed by atoms with Crippen molar-refractivity contribution < 1.29 is 13.2 Å². The van der Waals surface area contributed by atoms with E-state index >= 15 is 0 Å². The number of amides is 1. The average molecular weight is 304 g/mol. The Kier molecular flexibility index (Phi) is 6.45. The molecule has 0 saturated carbocycles. The van der Waals surface area contributed by atoms with Gasteiger partial charge < -0.3 is 4.90 Å². The number of carbonyl (C=O) groups is 1. The molecule has 0 aromatic carbocycles. The predicted octanol–water partition coefficient (Wildman–Crippen LogP) is 1.70.